The van der Waals surface area contributed by atoms with Crippen molar-refractivity contribution in [3.8, 4) is 11.4 Å². The summed E-state index contributed by atoms with van der Waals surface area (Å²) in [6.45, 7) is 4.07. The summed E-state index contributed by atoms with van der Waals surface area (Å²) in [6.07, 6.45) is 6.17. The number of pyridine rings is 1. The summed E-state index contributed by atoms with van der Waals surface area (Å²) in [4.78, 5) is 19.4. The number of aromatic amines is 1. The molecule has 2 fully saturated rings. The first-order valence-electron chi connectivity index (χ1n) is 10.0. The van der Waals surface area contributed by atoms with Gasteiger partial charge in [-0.25, -0.2) is 28.1 Å². The molecule has 3 aromatic rings. The minimum absolute atomic E-state index is 0.164. The topological polar surface area (TPSA) is 113 Å². The van der Waals surface area contributed by atoms with Gasteiger partial charge in [0, 0.05) is 36.0 Å². The number of hydrogen-bond donors (Lipinski definition) is 2. The van der Waals surface area contributed by atoms with Crippen LogP contribution in [0, 0.1) is 0 Å². The number of anilines is 1. The van der Waals surface area contributed by atoms with Crippen LogP contribution >= 0.6 is 0 Å². The highest BCUT2D eigenvalue weighted by atomic mass is 32.2. The van der Waals surface area contributed by atoms with E-state index < -0.39 is 15.6 Å². The van der Waals surface area contributed by atoms with Gasteiger partial charge in [-0.2, -0.15) is 0 Å². The van der Waals surface area contributed by atoms with E-state index in [1.807, 2.05) is 24.4 Å². The molecule has 1 saturated carbocycles. The van der Waals surface area contributed by atoms with Crippen LogP contribution in [-0.4, -0.2) is 60.4 Å². The molecule has 1 aliphatic carbocycles. The van der Waals surface area contributed by atoms with Crippen LogP contribution in [0.1, 0.15) is 25.5 Å². The monoisotopic (exact) mass is 428 g/mol. The van der Waals surface area contributed by atoms with Crippen molar-refractivity contribution < 1.29 is 13.2 Å². The van der Waals surface area contributed by atoms with E-state index in [-0.39, 0.29) is 6.04 Å². The highest BCUT2D eigenvalue weighted by Crippen LogP contribution is 2.46. The van der Waals surface area contributed by atoms with Gasteiger partial charge in [0.05, 0.1) is 36.7 Å². The second-order valence-electron chi connectivity index (χ2n) is 8.11. The van der Waals surface area contributed by atoms with E-state index in [0.29, 0.717) is 37.6 Å². The predicted octanol–water partition coefficient (Wildman–Crippen LogP) is 1.78. The van der Waals surface area contributed by atoms with E-state index in [4.69, 9.17) is 14.7 Å². The Balaban J connectivity index is 1.67. The number of aromatic nitrogens is 4. The molecule has 9 nitrogen and oxygen atoms in total. The average Bonchev–Trinajstić information content (AvgIpc) is 3.31. The fourth-order valence-electron chi connectivity index (χ4n) is 4.06. The lowest BCUT2D eigenvalue weighted by molar-refractivity contribution is 0.0985. The predicted molar refractivity (Wildman–Crippen MR) is 114 cm³/mol. The molecule has 0 unspecified atom stereocenters. The molecule has 5 rings (SSSR count). The molecular weight excluding hydrogens is 404 g/mol. The average molecular weight is 429 g/mol. The zero-order chi connectivity index (χ0) is 20.9. The van der Waals surface area contributed by atoms with E-state index in [2.05, 4.69) is 26.5 Å². The number of H-pyrrole nitrogens is 1. The normalized spacial score (nSPS) is 21.1. The molecule has 1 atom stereocenters. The first kappa shape index (κ1) is 19.4. The Hall–Kier alpha value is -2.56. The molecule has 0 radical (unpaired) electrons. The van der Waals surface area contributed by atoms with Gasteiger partial charge >= 0.3 is 0 Å². The first-order chi connectivity index (χ1) is 14.3. The molecule has 0 amide bonds. The highest BCUT2D eigenvalue weighted by Gasteiger charge is 2.48. The van der Waals surface area contributed by atoms with Gasteiger partial charge in [0.25, 0.3) is 0 Å². The van der Waals surface area contributed by atoms with Crippen molar-refractivity contribution >= 4 is 26.9 Å². The summed E-state index contributed by atoms with van der Waals surface area (Å²) in [6, 6.07) is 5.93. The van der Waals surface area contributed by atoms with Crippen molar-refractivity contribution in [2.45, 2.75) is 31.3 Å². The third kappa shape index (κ3) is 3.55. The SMILES string of the molecule is C[C@@H]1COCCN1c1cc(C2(NS(C)(=O)=O)CC2)nc(-c2ccnc3[nH]ccc23)n1. The van der Waals surface area contributed by atoms with Crippen LogP contribution in [0.5, 0.6) is 0 Å². The van der Waals surface area contributed by atoms with Gasteiger partial charge in [0.1, 0.15) is 11.5 Å². The molecule has 2 N–H and O–H groups in total. The highest BCUT2D eigenvalue weighted by molar-refractivity contribution is 7.88. The molecule has 30 heavy (non-hydrogen) atoms. The summed E-state index contributed by atoms with van der Waals surface area (Å²) >= 11 is 0. The maximum atomic E-state index is 12.0. The molecule has 2 aliphatic rings. The smallest absolute Gasteiger partial charge is 0.209 e. The lowest BCUT2D eigenvalue weighted by atomic mass is 10.1. The van der Waals surface area contributed by atoms with Gasteiger partial charge in [-0.15, -0.1) is 0 Å². The van der Waals surface area contributed by atoms with Crippen molar-refractivity contribution in [2.75, 3.05) is 30.9 Å². The summed E-state index contributed by atoms with van der Waals surface area (Å²) < 4.78 is 32.4. The Morgan fingerprint density at radius 1 is 1.30 bits per heavy atom. The molecule has 4 heterocycles. The Kier molecular flexibility index (Phi) is 4.53. The van der Waals surface area contributed by atoms with Gasteiger partial charge in [-0.05, 0) is 31.9 Å². The number of nitrogens with zero attached hydrogens (tertiary/aromatic N) is 4. The van der Waals surface area contributed by atoms with Crippen molar-refractivity contribution in [1.29, 1.82) is 0 Å². The number of sulfonamides is 1. The van der Waals surface area contributed by atoms with Gasteiger partial charge in [-0.1, -0.05) is 0 Å². The van der Waals surface area contributed by atoms with E-state index in [1.54, 1.807) is 6.20 Å². The maximum Gasteiger partial charge on any atom is 0.209 e. The second-order valence-corrected chi connectivity index (χ2v) is 9.86. The third-order valence-electron chi connectivity index (χ3n) is 5.70. The minimum Gasteiger partial charge on any atom is -0.377 e. The van der Waals surface area contributed by atoms with E-state index in [9.17, 15) is 8.42 Å². The zero-order valence-corrected chi connectivity index (χ0v) is 17.7. The van der Waals surface area contributed by atoms with Crippen molar-refractivity contribution in [3.63, 3.8) is 0 Å². The molecule has 3 aromatic heterocycles. The Bertz CT molecular complexity index is 1200. The van der Waals surface area contributed by atoms with Crippen LogP contribution in [0.25, 0.3) is 22.4 Å². The van der Waals surface area contributed by atoms with E-state index in [0.717, 1.165) is 29.0 Å². The molecule has 1 saturated heterocycles. The molecule has 0 bridgehead atoms. The van der Waals surface area contributed by atoms with Gasteiger partial charge in [0.15, 0.2) is 5.82 Å². The molecule has 0 spiro atoms. The third-order valence-corrected chi connectivity index (χ3v) is 6.46. The van der Waals surface area contributed by atoms with Crippen LogP contribution in [0.4, 0.5) is 5.82 Å². The maximum absolute atomic E-state index is 12.0. The lowest BCUT2D eigenvalue weighted by Gasteiger charge is -2.35. The van der Waals surface area contributed by atoms with Gasteiger partial charge in [-0.3, -0.25) is 0 Å². The quantitative estimate of drug-likeness (QED) is 0.637. The number of ether oxygens (including phenoxy) is 1. The molecular formula is C20H24N6O3S. The fourth-order valence-corrected chi connectivity index (χ4v) is 5.08. The number of fused-ring (bicyclic) bond motifs is 1. The van der Waals surface area contributed by atoms with Crippen LogP contribution in [-0.2, 0) is 20.3 Å². The van der Waals surface area contributed by atoms with Crippen LogP contribution in [0.15, 0.2) is 30.6 Å². The van der Waals surface area contributed by atoms with Crippen molar-refractivity contribution in [2.24, 2.45) is 0 Å². The first-order valence-corrected chi connectivity index (χ1v) is 11.9. The van der Waals surface area contributed by atoms with Crippen molar-refractivity contribution in [1.82, 2.24) is 24.7 Å². The number of nitrogens with one attached hydrogen (secondary N) is 2. The number of hydrogen-bond acceptors (Lipinski definition) is 7. The molecule has 1 aliphatic heterocycles. The zero-order valence-electron chi connectivity index (χ0n) is 16.9. The molecule has 0 aromatic carbocycles. The van der Waals surface area contributed by atoms with Gasteiger partial charge < -0.3 is 14.6 Å². The van der Waals surface area contributed by atoms with Gasteiger partial charge in [0.2, 0.25) is 10.0 Å². The fraction of sp³-hybridized carbons (Fsp3) is 0.450. The van der Waals surface area contributed by atoms with E-state index in [1.165, 1.54) is 6.26 Å². The van der Waals surface area contributed by atoms with Crippen LogP contribution in [0.3, 0.4) is 0 Å². The van der Waals surface area contributed by atoms with E-state index >= 15 is 0 Å². The molecule has 10 heteroatoms. The number of morpholine rings is 1. The largest absolute Gasteiger partial charge is 0.377 e. The summed E-state index contributed by atoms with van der Waals surface area (Å²) in [5.41, 5.74) is 1.66. The van der Waals surface area contributed by atoms with Crippen LogP contribution < -0.4 is 9.62 Å². The second kappa shape index (κ2) is 7.00. The van der Waals surface area contributed by atoms with Crippen molar-refractivity contribution in [3.05, 3.63) is 36.3 Å². The Labute approximate surface area is 174 Å². The number of rotatable bonds is 5. The lowest BCUT2D eigenvalue weighted by Crippen LogP contribution is -2.44. The summed E-state index contributed by atoms with van der Waals surface area (Å²) in [5.74, 6) is 1.35. The minimum atomic E-state index is -3.38. The Morgan fingerprint density at radius 3 is 2.87 bits per heavy atom. The summed E-state index contributed by atoms with van der Waals surface area (Å²) in [5, 5.41) is 0.927. The standard InChI is InChI=1S/C20H24N6O3S/c1-13-12-29-10-9-26(13)17-11-16(20(5-6-20)25-30(2,27)28)23-19(24-17)15-4-8-22-18-14(15)3-7-21-18/h3-4,7-8,11,13,25H,5-6,9-10,12H2,1-2H3,(H,21,22)/t13-/m1/s1. The molecule has 158 valence electrons. The Morgan fingerprint density at radius 2 is 2.13 bits per heavy atom. The van der Waals surface area contributed by atoms with Crippen LogP contribution in [0.2, 0.25) is 0 Å². The summed E-state index contributed by atoms with van der Waals surface area (Å²) in [7, 11) is -3.38.